The third-order valence-electron chi connectivity index (χ3n) is 7.76. The fourth-order valence-electron chi connectivity index (χ4n) is 5.13. The summed E-state index contributed by atoms with van der Waals surface area (Å²) in [5.41, 5.74) is 2.11. The number of aryl methyl sites for hydroxylation is 2. The summed E-state index contributed by atoms with van der Waals surface area (Å²) >= 11 is 0. The second kappa shape index (κ2) is 15.2. The zero-order valence-corrected chi connectivity index (χ0v) is 22.9. The quantitative estimate of drug-likeness (QED) is 0.159. The lowest BCUT2D eigenvalue weighted by Crippen LogP contribution is -2.60. The first-order chi connectivity index (χ1) is 19.7. The Morgan fingerprint density at radius 1 is 0.732 bits per heavy atom. The predicted molar refractivity (Wildman–Crippen MR) is 146 cm³/mol. The highest BCUT2D eigenvalue weighted by Gasteiger charge is 2.46. The number of aromatic hydroxyl groups is 2. The number of phenolic OH excluding ortho intramolecular Hbond substituents is 2. The molecule has 4 rings (SSSR count). The van der Waals surface area contributed by atoms with Gasteiger partial charge >= 0.3 is 0 Å². The highest BCUT2D eigenvalue weighted by Crippen LogP contribution is 2.28. The average Bonchev–Trinajstić information content (AvgIpc) is 3.34. The fourth-order valence-corrected chi connectivity index (χ4v) is 5.13. The maximum Gasteiger partial charge on any atom is 0.186 e. The Morgan fingerprint density at radius 3 is 1.98 bits per heavy atom. The standard InChI is InChI=1S/C30H42O11/c31-15-20-16-38-29(25(20)34)39-17-24-26(35)27(36)28(37)30(41-24)40-23(14-9-19-7-12-22(33)13-8-19)4-2-1-3-18-5-10-21(32)11-6-18/h5-8,10-13,20,23-37H,1-4,9,14-17H2. The number of phenols is 2. The Balaban J connectivity index is 1.35. The average molecular weight is 579 g/mol. The summed E-state index contributed by atoms with van der Waals surface area (Å²) in [6.45, 7) is -0.376. The number of aliphatic hydroxyl groups excluding tert-OH is 5. The number of aliphatic hydroxyl groups is 5. The molecule has 0 spiro atoms. The first-order valence-electron chi connectivity index (χ1n) is 14.2. The first kappa shape index (κ1) is 31.6. The predicted octanol–water partition coefficient (Wildman–Crippen LogP) is 0.978. The molecule has 0 bridgehead atoms. The highest BCUT2D eigenvalue weighted by atomic mass is 16.7. The molecule has 228 valence electrons. The van der Waals surface area contributed by atoms with Gasteiger partial charge in [0.1, 0.15) is 42.0 Å². The lowest BCUT2D eigenvalue weighted by atomic mass is 9.98. The van der Waals surface area contributed by atoms with Crippen molar-refractivity contribution < 1.29 is 54.7 Å². The van der Waals surface area contributed by atoms with Gasteiger partial charge in [-0.25, -0.2) is 0 Å². The molecule has 0 radical (unpaired) electrons. The maximum atomic E-state index is 10.7. The van der Waals surface area contributed by atoms with E-state index in [0.29, 0.717) is 19.3 Å². The van der Waals surface area contributed by atoms with Crippen molar-refractivity contribution >= 4 is 0 Å². The molecule has 2 aliphatic heterocycles. The lowest BCUT2D eigenvalue weighted by Gasteiger charge is -2.41. The van der Waals surface area contributed by atoms with Gasteiger partial charge in [0, 0.05) is 5.92 Å². The van der Waals surface area contributed by atoms with Crippen molar-refractivity contribution in [1.82, 2.24) is 0 Å². The van der Waals surface area contributed by atoms with Crippen LogP contribution in [0.5, 0.6) is 11.5 Å². The Kier molecular flexibility index (Phi) is 11.7. The summed E-state index contributed by atoms with van der Waals surface area (Å²) in [5.74, 6) is -0.0819. The lowest BCUT2D eigenvalue weighted by molar-refractivity contribution is -0.319. The van der Waals surface area contributed by atoms with Gasteiger partial charge in [-0.15, -0.1) is 0 Å². The van der Waals surface area contributed by atoms with Gasteiger partial charge in [0.05, 0.1) is 25.9 Å². The van der Waals surface area contributed by atoms with E-state index >= 15 is 0 Å². The molecular formula is C30H42O11. The molecule has 11 nitrogen and oxygen atoms in total. The molecule has 0 saturated carbocycles. The van der Waals surface area contributed by atoms with E-state index in [0.717, 1.165) is 30.4 Å². The summed E-state index contributed by atoms with van der Waals surface area (Å²) in [7, 11) is 0. The van der Waals surface area contributed by atoms with E-state index < -0.39 is 49.0 Å². The molecule has 2 fully saturated rings. The van der Waals surface area contributed by atoms with E-state index in [-0.39, 0.29) is 37.4 Å². The van der Waals surface area contributed by atoms with Crippen LogP contribution in [-0.2, 0) is 31.8 Å². The van der Waals surface area contributed by atoms with Crippen molar-refractivity contribution in [2.75, 3.05) is 19.8 Å². The minimum Gasteiger partial charge on any atom is -0.508 e. The molecule has 11 heteroatoms. The molecule has 0 aliphatic carbocycles. The Morgan fingerprint density at radius 2 is 1.37 bits per heavy atom. The van der Waals surface area contributed by atoms with E-state index in [4.69, 9.17) is 18.9 Å². The topological polar surface area (TPSA) is 179 Å². The Hall–Kier alpha value is -2.32. The summed E-state index contributed by atoms with van der Waals surface area (Å²) in [6.07, 6.45) is -4.83. The number of rotatable bonds is 14. The molecule has 9 unspecified atom stereocenters. The van der Waals surface area contributed by atoms with E-state index in [2.05, 4.69) is 0 Å². The molecule has 7 N–H and O–H groups in total. The molecule has 2 saturated heterocycles. The fraction of sp³-hybridized carbons (Fsp3) is 0.600. The molecule has 2 aromatic carbocycles. The van der Waals surface area contributed by atoms with Crippen LogP contribution in [0.15, 0.2) is 48.5 Å². The normalized spacial score (nSPS) is 30.9. The van der Waals surface area contributed by atoms with Crippen LogP contribution < -0.4 is 0 Å². The molecule has 9 atom stereocenters. The molecule has 2 aliphatic rings. The first-order valence-corrected chi connectivity index (χ1v) is 14.2. The molecule has 0 aromatic heterocycles. The summed E-state index contributed by atoms with van der Waals surface area (Å²) in [6, 6.07) is 14.0. The molecule has 41 heavy (non-hydrogen) atoms. The third-order valence-corrected chi connectivity index (χ3v) is 7.76. The van der Waals surface area contributed by atoms with Crippen LogP contribution in [0, 0.1) is 5.92 Å². The van der Waals surface area contributed by atoms with Crippen molar-refractivity contribution in [2.24, 2.45) is 5.92 Å². The van der Waals surface area contributed by atoms with Gasteiger partial charge < -0.3 is 54.7 Å². The van der Waals surface area contributed by atoms with Gasteiger partial charge in [0.25, 0.3) is 0 Å². The van der Waals surface area contributed by atoms with Gasteiger partial charge in [-0.3, -0.25) is 0 Å². The van der Waals surface area contributed by atoms with Crippen LogP contribution in [0.3, 0.4) is 0 Å². The van der Waals surface area contributed by atoms with Crippen molar-refractivity contribution in [1.29, 1.82) is 0 Å². The van der Waals surface area contributed by atoms with E-state index in [1.165, 1.54) is 0 Å². The van der Waals surface area contributed by atoms with Crippen molar-refractivity contribution in [3.8, 4) is 11.5 Å². The van der Waals surface area contributed by atoms with Gasteiger partial charge in [0.15, 0.2) is 12.6 Å². The van der Waals surface area contributed by atoms with Gasteiger partial charge in [-0.05, 0) is 67.5 Å². The van der Waals surface area contributed by atoms with Crippen LogP contribution in [0.1, 0.15) is 36.8 Å². The number of hydrogen-bond donors (Lipinski definition) is 7. The van der Waals surface area contributed by atoms with Crippen LogP contribution in [0.2, 0.25) is 0 Å². The summed E-state index contributed by atoms with van der Waals surface area (Å²) in [5, 5.41) is 70.3. The summed E-state index contributed by atoms with van der Waals surface area (Å²) < 4.78 is 23.0. The Bertz CT molecular complexity index is 1030. The van der Waals surface area contributed by atoms with Crippen molar-refractivity contribution in [2.45, 2.75) is 87.7 Å². The number of benzene rings is 2. The van der Waals surface area contributed by atoms with Crippen molar-refractivity contribution in [3.05, 3.63) is 59.7 Å². The number of hydrogen-bond acceptors (Lipinski definition) is 11. The van der Waals surface area contributed by atoms with Crippen LogP contribution in [0.4, 0.5) is 0 Å². The van der Waals surface area contributed by atoms with Gasteiger partial charge in [0.2, 0.25) is 0 Å². The smallest absolute Gasteiger partial charge is 0.186 e. The highest BCUT2D eigenvalue weighted by molar-refractivity contribution is 5.26. The zero-order valence-electron chi connectivity index (χ0n) is 22.9. The monoisotopic (exact) mass is 578 g/mol. The third kappa shape index (κ3) is 8.84. The molecule has 0 amide bonds. The second-order valence-corrected chi connectivity index (χ2v) is 10.9. The van der Waals surface area contributed by atoms with Crippen LogP contribution in [0.25, 0.3) is 0 Å². The summed E-state index contributed by atoms with van der Waals surface area (Å²) in [4.78, 5) is 0. The van der Waals surface area contributed by atoms with Crippen LogP contribution in [-0.4, -0.2) is 105 Å². The van der Waals surface area contributed by atoms with E-state index in [1.54, 1.807) is 24.3 Å². The minimum absolute atomic E-state index is 0.124. The minimum atomic E-state index is -1.55. The SMILES string of the molecule is OCC1COC(OCC2OC(OC(CCCCc3ccc(O)cc3)CCc3ccc(O)cc3)C(O)C(O)C2O)C1O. The van der Waals surface area contributed by atoms with Crippen LogP contribution >= 0.6 is 0 Å². The molecule has 2 aromatic rings. The molecule has 2 heterocycles. The Labute approximate surface area is 239 Å². The van der Waals surface area contributed by atoms with E-state index in [9.17, 15) is 35.7 Å². The molecular weight excluding hydrogens is 536 g/mol. The number of unbranched alkanes of at least 4 members (excludes halogenated alkanes) is 1. The van der Waals surface area contributed by atoms with Gasteiger partial charge in [-0.1, -0.05) is 30.7 Å². The van der Waals surface area contributed by atoms with E-state index in [1.807, 2.05) is 24.3 Å². The van der Waals surface area contributed by atoms with Crippen molar-refractivity contribution in [3.63, 3.8) is 0 Å². The number of ether oxygens (including phenoxy) is 4. The van der Waals surface area contributed by atoms with Gasteiger partial charge in [-0.2, -0.15) is 0 Å². The maximum absolute atomic E-state index is 10.7. The zero-order chi connectivity index (χ0) is 29.4. The largest absolute Gasteiger partial charge is 0.508 e. The second-order valence-electron chi connectivity index (χ2n) is 10.9.